The summed E-state index contributed by atoms with van der Waals surface area (Å²) in [5.41, 5.74) is 3.41. The van der Waals surface area contributed by atoms with Gasteiger partial charge in [0.05, 0.1) is 16.6 Å². The van der Waals surface area contributed by atoms with Gasteiger partial charge in [0, 0.05) is 13.0 Å². The molecule has 0 unspecified atom stereocenters. The van der Waals surface area contributed by atoms with E-state index in [9.17, 15) is 13.2 Å². The molecule has 7 nitrogen and oxygen atoms in total. The molecule has 0 saturated carbocycles. The molecule has 0 bridgehead atoms. The first-order chi connectivity index (χ1) is 15.4. The molecule has 1 heterocycles. The second kappa shape index (κ2) is 9.33. The van der Waals surface area contributed by atoms with Crippen LogP contribution in [-0.2, 0) is 21.2 Å². The molecule has 0 radical (unpaired) electrons. The fourth-order valence-electron chi connectivity index (χ4n) is 3.67. The molecule has 0 fully saturated rings. The number of sulfonamides is 1. The summed E-state index contributed by atoms with van der Waals surface area (Å²) in [5.74, 6) is -0.203. The highest BCUT2D eigenvalue weighted by Gasteiger charge is 2.32. The molecule has 3 aromatic carbocycles. The lowest BCUT2D eigenvalue weighted by Crippen LogP contribution is -2.32. The molecule has 8 heteroatoms. The topological polar surface area (TPSA) is 105 Å². The first kappa shape index (κ1) is 21.7. The van der Waals surface area contributed by atoms with Crippen molar-refractivity contribution in [2.75, 3.05) is 11.6 Å². The van der Waals surface area contributed by atoms with Crippen LogP contribution in [0.4, 0.5) is 5.69 Å². The maximum Gasteiger partial charge on any atom is 0.267 e. The Morgan fingerprint density at radius 3 is 2.22 bits per heavy atom. The minimum absolute atomic E-state index is 0.0508. The Balaban J connectivity index is 1.42. The molecule has 3 aromatic rings. The Morgan fingerprint density at radius 2 is 1.59 bits per heavy atom. The lowest BCUT2D eigenvalue weighted by Gasteiger charge is -2.23. The van der Waals surface area contributed by atoms with E-state index in [1.54, 1.807) is 12.1 Å². The van der Waals surface area contributed by atoms with Crippen molar-refractivity contribution in [3.05, 3.63) is 96.1 Å². The van der Waals surface area contributed by atoms with Gasteiger partial charge in [0.15, 0.2) is 0 Å². The van der Waals surface area contributed by atoms with Gasteiger partial charge in [-0.15, -0.1) is 0 Å². The van der Waals surface area contributed by atoms with Gasteiger partial charge in [-0.05, 0) is 41.8 Å². The van der Waals surface area contributed by atoms with E-state index in [0.717, 1.165) is 16.8 Å². The van der Waals surface area contributed by atoms with Crippen LogP contribution in [0, 0.1) is 0 Å². The highest BCUT2D eigenvalue weighted by Crippen LogP contribution is 2.34. The Bertz CT molecular complexity index is 1210. The Hall–Kier alpha value is -3.49. The third kappa shape index (κ3) is 5.04. The number of amides is 1. The fourth-order valence-corrected chi connectivity index (χ4v) is 4.18. The van der Waals surface area contributed by atoms with Crippen molar-refractivity contribution >= 4 is 27.3 Å². The van der Waals surface area contributed by atoms with E-state index in [2.05, 4.69) is 10.4 Å². The number of nitrogens with one attached hydrogen (secondary N) is 1. The molecule has 1 aliphatic heterocycles. The smallest absolute Gasteiger partial charge is 0.267 e. The minimum Gasteiger partial charge on any atom is -0.351 e. The zero-order valence-electron chi connectivity index (χ0n) is 17.4. The summed E-state index contributed by atoms with van der Waals surface area (Å²) >= 11 is 0. The Morgan fingerprint density at radius 1 is 0.969 bits per heavy atom. The van der Waals surface area contributed by atoms with Crippen LogP contribution >= 0.6 is 0 Å². The van der Waals surface area contributed by atoms with Gasteiger partial charge in [0.2, 0.25) is 10.0 Å². The number of hydrogen-bond donors (Lipinski definition) is 2. The van der Waals surface area contributed by atoms with Crippen LogP contribution in [0.3, 0.4) is 0 Å². The molecule has 4 rings (SSSR count). The van der Waals surface area contributed by atoms with E-state index in [0.29, 0.717) is 25.1 Å². The van der Waals surface area contributed by atoms with Gasteiger partial charge in [-0.3, -0.25) is 9.80 Å². The van der Waals surface area contributed by atoms with E-state index in [-0.39, 0.29) is 16.8 Å². The van der Waals surface area contributed by atoms with E-state index < -0.39 is 10.0 Å². The molecule has 164 valence electrons. The average molecular weight is 449 g/mol. The number of rotatable bonds is 7. The van der Waals surface area contributed by atoms with Crippen LogP contribution in [0.25, 0.3) is 0 Å². The highest BCUT2D eigenvalue weighted by molar-refractivity contribution is 7.89. The lowest BCUT2D eigenvalue weighted by molar-refractivity contribution is -0.114. The second-order valence-electron chi connectivity index (χ2n) is 7.55. The lowest BCUT2D eigenvalue weighted by atomic mass is 10.0. The van der Waals surface area contributed by atoms with Crippen molar-refractivity contribution in [2.45, 2.75) is 23.8 Å². The predicted octanol–water partition coefficient (Wildman–Crippen LogP) is 3.00. The van der Waals surface area contributed by atoms with Crippen molar-refractivity contribution in [1.29, 1.82) is 0 Å². The number of hydrazone groups is 1. The average Bonchev–Trinajstić information content (AvgIpc) is 3.26. The molecule has 1 aliphatic rings. The van der Waals surface area contributed by atoms with E-state index in [4.69, 9.17) is 5.14 Å². The number of benzene rings is 3. The summed E-state index contributed by atoms with van der Waals surface area (Å²) in [7, 11) is -3.71. The number of para-hydroxylation sites is 1. The Labute approximate surface area is 187 Å². The van der Waals surface area contributed by atoms with Gasteiger partial charge in [0.25, 0.3) is 5.91 Å². The van der Waals surface area contributed by atoms with Gasteiger partial charge >= 0.3 is 0 Å². The summed E-state index contributed by atoms with van der Waals surface area (Å²) in [6.45, 7) is 0.411. The summed E-state index contributed by atoms with van der Waals surface area (Å²) in [6, 6.07) is 26.1. The van der Waals surface area contributed by atoms with Crippen molar-refractivity contribution in [1.82, 2.24) is 5.32 Å². The van der Waals surface area contributed by atoms with Crippen molar-refractivity contribution < 1.29 is 13.2 Å². The molecule has 1 amide bonds. The van der Waals surface area contributed by atoms with Gasteiger partial charge in [-0.2, -0.15) is 5.10 Å². The van der Waals surface area contributed by atoms with E-state index >= 15 is 0 Å². The third-order valence-corrected chi connectivity index (χ3v) is 6.26. The van der Waals surface area contributed by atoms with Crippen LogP contribution in [0.5, 0.6) is 0 Å². The highest BCUT2D eigenvalue weighted by atomic mass is 32.2. The summed E-state index contributed by atoms with van der Waals surface area (Å²) in [4.78, 5) is 12.9. The maximum atomic E-state index is 12.8. The number of carbonyl (C=O) groups is 1. The zero-order chi connectivity index (χ0) is 22.6. The monoisotopic (exact) mass is 448 g/mol. The van der Waals surface area contributed by atoms with E-state index in [1.165, 1.54) is 12.1 Å². The molecule has 0 aromatic heterocycles. The predicted molar refractivity (Wildman–Crippen MR) is 125 cm³/mol. The number of carbonyl (C=O) groups excluding carboxylic acids is 1. The number of nitrogens with zero attached hydrogens (tertiary/aromatic N) is 2. The molecule has 1 atom stereocenters. The second-order valence-corrected chi connectivity index (χ2v) is 9.11. The summed E-state index contributed by atoms with van der Waals surface area (Å²) in [6.07, 6.45) is 1.07. The number of anilines is 1. The first-order valence-electron chi connectivity index (χ1n) is 10.3. The van der Waals surface area contributed by atoms with Gasteiger partial charge < -0.3 is 5.32 Å². The molecular formula is C24H24N4O3S. The standard InChI is InChI=1S/C24H24N4O3S/c25-32(30,31)21-13-11-18(12-14-21)15-16-26-24(29)22-17-23(19-7-3-1-4-8-19)28(27-22)20-9-5-2-6-10-20/h1-14,23H,15-17H2,(H,26,29)(H2,25,30,31)/t23-/m1/s1. The third-order valence-electron chi connectivity index (χ3n) is 5.33. The molecule has 3 N–H and O–H groups in total. The quantitative estimate of drug-likeness (QED) is 0.580. The van der Waals surface area contributed by atoms with Gasteiger partial charge in [-0.1, -0.05) is 60.7 Å². The SMILES string of the molecule is NS(=O)(=O)c1ccc(CCNC(=O)C2=NN(c3ccccc3)[C@@H](c3ccccc3)C2)cc1. The summed E-state index contributed by atoms with van der Waals surface area (Å²) < 4.78 is 22.7. The van der Waals surface area contributed by atoms with Crippen LogP contribution in [-0.4, -0.2) is 26.6 Å². The number of nitrogens with two attached hydrogens (primary N) is 1. The number of hydrogen-bond acceptors (Lipinski definition) is 5. The molecular weight excluding hydrogens is 424 g/mol. The van der Waals surface area contributed by atoms with E-state index in [1.807, 2.05) is 65.7 Å². The van der Waals surface area contributed by atoms with Crippen LogP contribution in [0.15, 0.2) is 94.9 Å². The molecule has 0 saturated heterocycles. The Kier molecular flexibility index (Phi) is 6.34. The fraction of sp³-hybridized carbons (Fsp3) is 0.167. The largest absolute Gasteiger partial charge is 0.351 e. The zero-order valence-corrected chi connectivity index (χ0v) is 18.2. The van der Waals surface area contributed by atoms with Gasteiger partial charge in [-0.25, -0.2) is 13.6 Å². The van der Waals surface area contributed by atoms with Crippen LogP contribution < -0.4 is 15.5 Å². The van der Waals surface area contributed by atoms with Crippen LogP contribution in [0.2, 0.25) is 0 Å². The van der Waals surface area contributed by atoms with Crippen molar-refractivity contribution in [3.63, 3.8) is 0 Å². The van der Waals surface area contributed by atoms with Crippen molar-refractivity contribution in [2.24, 2.45) is 10.2 Å². The van der Waals surface area contributed by atoms with Gasteiger partial charge in [0.1, 0.15) is 5.71 Å². The minimum atomic E-state index is -3.71. The number of primary sulfonamides is 1. The first-order valence-corrected chi connectivity index (χ1v) is 11.8. The maximum absolute atomic E-state index is 12.8. The summed E-state index contributed by atoms with van der Waals surface area (Å²) in [5, 5.41) is 14.6. The molecule has 32 heavy (non-hydrogen) atoms. The molecule has 0 aliphatic carbocycles. The normalized spacial score (nSPS) is 16.0. The van der Waals surface area contributed by atoms with Crippen molar-refractivity contribution in [3.8, 4) is 0 Å². The van der Waals surface area contributed by atoms with Crippen LogP contribution in [0.1, 0.15) is 23.6 Å². The molecule has 0 spiro atoms.